The normalized spacial score (nSPS) is 9.71. The zero-order valence-corrected chi connectivity index (χ0v) is 12.6. The van der Waals surface area contributed by atoms with Gasteiger partial charge in [0.25, 0.3) is 0 Å². The van der Waals surface area contributed by atoms with E-state index in [4.69, 9.17) is 15.9 Å². The number of nitrogens with two attached hydrogens (primary N) is 1. The molecule has 2 aromatic rings. The quantitative estimate of drug-likeness (QED) is 0.741. The molecular weight excluding hydrogens is 266 g/mol. The van der Waals surface area contributed by atoms with Crippen LogP contribution in [0.1, 0.15) is 32.6 Å². The number of aliphatic hydroxyl groups excluding tert-OH is 1. The summed E-state index contributed by atoms with van der Waals surface area (Å²) < 4.78 is 0. The molecular formula is C17H21NO3. The Kier molecular flexibility index (Phi) is 5.93. The molecule has 0 amide bonds. The lowest BCUT2D eigenvalue weighted by Gasteiger charge is -2.07. The van der Waals surface area contributed by atoms with E-state index in [1.165, 1.54) is 28.8 Å². The Morgan fingerprint density at radius 1 is 1.05 bits per heavy atom. The number of aliphatic hydroxyl groups is 1. The Bertz CT molecular complexity index is 595. The van der Waals surface area contributed by atoms with E-state index in [9.17, 15) is 4.79 Å². The van der Waals surface area contributed by atoms with E-state index in [0.717, 1.165) is 5.56 Å². The molecule has 0 unspecified atom stereocenters. The van der Waals surface area contributed by atoms with Crippen molar-refractivity contribution in [1.82, 2.24) is 0 Å². The van der Waals surface area contributed by atoms with E-state index in [1.807, 2.05) is 13.8 Å². The molecule has 0 saturated heterocycles. The largest absolute Gasteiger partial charge is 0.478 e. The summed E-state index contributed by atoms with van der Waals surface area (Å²) in [5, 5.41) is 17.4. The molecule has 0 aliphatic heterocycles. The van der Waals surface area contributed by atoms with Gasteiger partial charge >= 0.3 is 5.97 Å². The molecule has 4 heteroatoms. The molecule has 0 heterocycles. The van der Waals surface area contributed by atoms with Crippen LogP contribution in [0.2, 0.25) is 0 Å². The van der Waals surface area contributed by atoms with Crippen molar-refractivity contribution < 1.29 is 15.0 Å². The van der Waals surface area contributed by atoms with Crippen molar-refractivity contribution in [2.45, 2.75) is 27.4 Å². The Hall–Kier alpha value is -2.33. The lowest BCUT2D eigenvalue weighted by Crippen LogP contribution is -1.95. The highest BCUT2D eigenvalue weighted by Crippen LogP contribution is 2.15. The van der Waals surface area contributed by atoms with Gasteiger partial charge in [-0.2, -0.15) is 0 Å². The van der Waals surface area contributed by atoms with Gasteiger partial charge in [0.15, 0.2) is 0 Å². The Balaban J connectivity index is 0.000000211. The zero-order chi connectivity index (χ0) is 16.0. The monoisotopic (exact) mass is 287 g/mol. The number of hydrogen-bond acceptors (Lipinski definition) is 3. The van der Waals surface area contributed by atoms with Gasteiger partial charge in [0.2, 0.25) is 0 Å². The third-order valence-electron chi connectivity index (χ3n) is 3.16. The molecule has 2 rings (SSSR count). The molecule has 4 N–H and O–H groups in total. The summed E-state index contributed by atoms with van der Waals surface area (Å²) >= 11 is 0. The highest BCUT2D eigenvalue weighted by molar-refractivity contribution is 5.87. The molecule has 0 fully saturated rings. The number of rotatable bonds is 2. The van der Waals surface area contributed by atoms with Gasteiger partial charge in [-0.05, 0) is 61.7 Å². The number of carboxylic acid groups (broad SMARTS) is 1. The van der Waals surface area contributed by atoms with Crippen molar-refractivity contribution in [3.05, 3.63) is 64.2 Å². The predicted octanol–water partition coefficient (Wildman–Crippen LogP) is 3.07. The minimum absolute atomic E-state index is 0.151. The van der Waals surface area contributed by atoms with Gasteiger partial charge in [-0.1, -0.05) is 17.7 Å². The van der Waals surface area contributed by atoms with E-state index in [-0.39, 0.29) is 12.2 Å². The molecule has 21 heavy (non-hydrogen) atoms. The SMILES string of the molecule is Cc1cc(C)c(CO)c(C)c1.Nc1ccc(C(=O)O)cc1. The van der Waals surface area contributed by atoms with Crippen LogP contribution in [0.4, 0.5) is 5.69 Å². The Morgan fingerprint density at radius 2 is 1.52 bits per heavy atom. The Labute approximate surface area is 124 Å². The van der Waals surface area contributed by atoms with Crippen LogP contribution in [0.15, 0.2) is 36.4 Å². The first-order valence-corrected chi connectivity index (χ1v) is 6.61. The molecule has 4 nitrogen and oxygen atoms in total. The van der Waals surface area contributed by atoms with E-state index >= 15 is 0 Å². The summed E-state index contributed by atoms with van der Waals surface area (Å²) in [6.07, 6.45) is 0. The van der Waals surface area contributed by atoms with Crippen LogP contribution in [-0.4, -0.2) is 16.2 Å². The van der Waals surface area contributed by atoms with Crippen molar-refractivity contribution in [2.24, 2.45) is 0 Å². The van der Waals surface area contributed by atoms with Crippen LogP contribution in [0, 0.1) is 20.8 Å². The van der Waals surface area contributed by atoms with Crippen LogP contribution < -0.4 is 5.73 Å². The van der Waals surface area contributed by atoms with Crippen LogP contribution in [0.5, 0.6) is 0 Å². The fourth-order valence-corrected chi connectivity index (χ4v) is 2.09. The molecule has 0 spiro atoms. The first-order chi connectivity index (χ1) is 9.85. The first-order valence-electron chi connectivity index (χ1n) is 6.61. The second-order valence-corrected chi connectivity index (χ2v) is 4.96. The third kappa shape index (κ3) is 4.93. The summed E-state index contributed by atoms with van der Waals surface area (Å²) in [7, 11) is 0. The maximum Gasteiger partial charge on any atom is 0.335 e. The number of aryl methyl sites for hydroxylation is 3. The Morgan fingerprint density at radius 3 is 1.90 bits per heavy atom. The molecule has 112 valence electrons. The van der Waals surface area contributed by atoms with Gasteiger partial charge in [-0.15, -0.1) is 0 Å². The lowest BCUT2D eigenvalue weighted by atomic mass is 10.0. The van der Waals surface area contributed by atoms with E-state index in [2.05, 4.69) is 19.1 Å². The number of aromatic carboxylic acids is 1. The molecule has 2 aromatic carbocycles. The number of benzene rings is 2. The molecule has 0 aliphatic carbocycles. The second-order valence-electron chi connectivity index (χ2n) is 4.96. The molecule has 0 saturated carbocycles. The maximum absolute atomic E-state index is 10.3. The number of carbonyl (C=O) groups is 1. The highest BCUT2D eigenvalue weighted by Gasteiger charge is 2.00. The van der Waals surface area contributed by atoms with Crippen LogP contribution in [-0.2, 0) is 6.61 Å². The van der Waals surface area contributed by atoms with Gasteiger partial charge < -0.3 is 15.9 Å². The first kappa shape index (κ1) is 16.7. The number of carboxylic acids is 1. The van der Waals surface area contributed by atoms with Gasteiger partial charge in [-0.25, -0.2) is 4.79 Å². The minimum Gasteiger partial charge on any atom is -0.478 e. The smallest absolute Gasteiger partial charge is 0.335 e. The van der Waals surface area contributed by atoms with Crippen LogP contribution in [0.3, 0.4) is 0 Å². The average Bonchev–Trinajstić information content (AvgIpc) is 2.39. The van der Waals surface area contributed by atoms with Crippen LogP contribution in [0.25, 0.3) is 0 Å². The average molecular weight is 287 g/mol. The van der Waals surface area contributed by atoms with Crippen LogP contribution >= 0.6 is 0 Å². The third-order valence-corrected chi connectivity index (χ3v) is 3.16. The standard InChI is InChI=1S/C10H14O.C7H7NO2/c1-7-4-8(2)10(6-11)9(3)5-7;8-6-3-1-5(2-4-6)7(9)10/h4-5,11H,6H2,1-3H3;1-4H,8H2,(H,9,10). The highest BCUT2D eigenvalue weighted by atomic mass is 16.4. The number of nitrogen functional groups attached to an aromatic ring is 1. The summed E-state index contributed by atoms with van der Waals surface area (Å²) in [5.74, 6) is -0.931. The van der Waals surface area contributed by atoms with Crippen molar-refractivity contribution in [2.75, 3.05) is 5.73 Å². The van der Waals surface area contributed by atoms with Crippen molar-refractivity contribution in [3.63, 3.8) is 0 Å². The van der Waals surface area contributed by atoms with Crippen molar-refractivity contribution in [3.8, 4) is 0 Å². The van der Waals surface area contributed by atoms with E-state index in [0.29, 0.717) is 5.69 Å². The minimum atomic E-state index is -0.931. The van der Waals surface area contributed by atoms with E-state index in [1.54, 1.807) is 12.1 Å². The molecule has 0 aromatic heterocycles. The predicted molar refractivity (Wildman–Crippen MR) is 84.4 cm³/mol. The number of hydrogen-bond donors (Lipinski definition) is 3. The topological polar surface area (TPSA) is 83.5 Å². The number of anilines is 1. The summed E-state index contributed by atoms with van der Waals surface area (Å²) in [5.41, 5.74) is 10.9. The molecule has 0 radical (unpaired) electrons. The van der Waals surface area contributed by atoms with Gasteiger partial charge in [-0.3, -0.25) is 0 Å². The lowest BCUT2D eigenvalue weighted by molar-refractivity contribution is 0.0697. The summed E-state index contributed by atoms with van der Waals surface area (Å²) in [6, 6.07) is 10.2. The van der Waals surface area contributed by atoms with Crippen molar-refractivity contribution in [1.29, 1.82) is 0 Å². The van der Waals surface area contributed by atoms with Gasteiger partial charge in [0, 0.05) is 5.69 Å². The summed E-state index contributed by atoms with van der Waals surface area (Å²) in [4.78, 5) is 10.3. The molecule has 0 atom stereocenters. The second kappa shape index (κ2) is 7.45. The molecule has 0 bridgehead atoms. The molecule has 0 aliphatic rings. The van der Waals surface area contributed by atoms with E-state index < -0.39 is 5.97 Å². The maximum atomic E-state index is 10.3. The van der Waals surface area contributed by atoms with Crippen molar-refractivity contribution >= 4 is 11.7 Å². The summed E-state index contributed by atoms with van der Waals surface area (Å²) in [6.45, 7) is 6.29. The van der Waals surface area contributed by atoms with Gasteiger partial charge in [0.1, 0.15) is 0 Å². The van der Waals surface area contributed by atoms with Gasteiger partial charge in [0.05, 0.1) is 12.2 Å². The fraction of sp³-hybridized carbons (Fsp3) is 0.235. The zero-order valence-electron chi connectivity index (χ0n) is 12.6. The fourth-order valence-electron chi connectivity index (χ4n) is 2.09.